The Labute approximate surface area is 176 Å². The lowest BCUT2D eigenvalue weighted by atomic mass is 10.1. The van der Waals surface area contributed by atoms with E-state index in [0.717, 1.165) is 31.2 Å². The van der Waals surface area contributed by atoms with Gasteiger partial charge >= 0.3 is 0 Å². The fraction of sp³-hybridized carbons (Fsp3) is 0.364. The molecule has 1 N–H and O–H groups in total. The summed E-state index contributed by atoms with van der Waals surface area (Å²) in [6, 6.07) is 10.6. The summed E-state index contributed by atoms with van der Waals surface area (Å²) in [6.07, 6.45) is 6.24. The van der Waals surface area contributed by atoms with Crippen molar-refractivity contribution in [3.05, 3.63) is 53.7 Å². The zero-order valence-corrected chi connectivity index (χ0v) is 17.6. The first-order valence-corrected chi connectivity index (χ1v) is 11.8. The highest BCUT2D eigenvalue weighted by Gasteiger charge is 2.35. The van der Waals surface area contributed by atoms with E-state index in [2.05, 4.69) is 4.98 Å². The molecule has 8 heteroatoms. The van der Waals surface area contributed by atoms with Crippen molar-refractivity contribution in [1.29, 1.82) is 0 Å². The van der Waals surface area contributed by atoms with Crippen molar-refractivity contribution in [1.82, 2.24) is 14.8 Å². The molecule has 156 valence electrons. The minimum atomic E-state index is -3.80. The van der Waals surface area contributed by atoms with Gasteiger partial charge in [0, 0.05) is 23.9 Å². The van der Waals surface area contributed by atoms with Gasteiger partial charge in [-0.3, -0.25) is 0 Å². The third kappa shape index (κ3) is 2.98. The maximum atomic E-state index is 13.4. The summed E-state index contributed by atoms with van der Waals surface area (Å²) in [5.41, 5.74) is 2.95. The maximum absolute atomic E-state index is 13.4. The lowest BCUT2D eigenvalue weighted by Gasteiger charge is -2.23. The molecule has 0 amide bonds. The predicted octanol–water partition coefficient (Wildman–Crippen LogP) is 3.83. The van der Waals surface area contributed by atoms with Gasteiger partial charge in [-0.15, -0.1) is 0 Å². The number of anilines is 1. The monoisotopic (exact) mass is 424 g/mol. The van der Waals surface area contributed by atoms with Crippen LogP contribution in [-0.4, -0.2) is 34.8 Å². The summed E-state index contributed by atoms with van der Waals surface area (Å²) >= 11 is 0. The highest BCUT2D eigenvalue weighted by molar-refractivity contribution is 7.92. The second-order valence-corrected chi connectivity index (χ2v) is 9.91. The normalized spacial score (nSPS) is 16.9. The molecule has 1 saturated carbocycles. The van der Waals surface area contributed by atoms with Gasteiger partial charge in [0.25, 0.3) is 10.0 Å². The number of rotatable bonds is 3. The number of pyridine rings is 1. The number of benzene rings is 1. The van der Waals surface area contributed by atoms with Crippen LogP contribution < -0.4 is 4.31 Å². The molecule has 5 rings (SSSR count). The van der Waals surface area contributed by atoms with E-state index in [-0.39, 0.29) is 23.4 Å². The first-order valence-electron chi connectivity index (χ1n) is 10.3. The molecule has 7 nitrogen and oxygen atoms in total. The minimum Gasteiger partial charge on any atom is -0.493 e. The number of aromatic hydroxyl groups is 1. The van der Waals surface area contributed by atoms with Gasteiger partial charge < -0.3 is 5.11 Å². The van der Waals surface area contributed by atoms with Crippen LogP contribution in [0.15, 0.2) is 47.5 Å². The van der Waals surface area contributed by atoms with Crippen LogP contribution in [-0.2, 0) is 16.4 Å². The van der Waals surface area contributed by atoms with Gasteiger partial charge in [0.05, 0.1) is 10.9 Å². The van der Waals surface area contributed by atoms with E-state index in [1.807, 2.05) is 13.0 Å². The first-order chi connectivity index (χ1) is 14.5. The van der Waals surface area contributed by atoms with E-state index >= 15 is 0 Å². The summed E-state index contributed by atoms with van der Waals surface area (Å²) in [7, 11) is -3.80. The van der Waals surface area contributed by atoms with Gasteiger partial charge in [-0.05, 0) is 50.5 Å². The van der Waals surface area contributed by atoms with Gasteiger partial charge in [-0.25, -0.2) is 22.4 Å². The van der Waals surface area contributed by atoms with Crippen LogP contribution in [0.3, 0.4) is 0 Å². The van der Waals surface area contributed by atoms with Crippen molar-refractivity contribution in [2.24, 2.45) is 0 Å². The average Bonchev–Trinajstić information content (AvgIpc) is 3.33. The summed E-state index contributed by atoms with van der Waals surface area (Å²) in [5.74, 6) is 0.509. The van der Waals surface area contributed by atoms with Gasteiger partial charge in [0.2, 0.25) is 5.88 Å². The third-order valence-corrected chi connectivity index (χ3v) is 7.91. The predicted molar refractivity (Wildman–Crippen MR) is 114 cm³/mol. The van der Waals surface area contributed by atoms with Gasteiger partial charge in [0.15, 0.2) is 5.82 Å². The van der Waals surface area contributed by atoms with Crippen molar-refractivity contribution in [2.75, 3.05) is 10.8 Å². The molecule has 0 unspecified atom stereocenters. The van der Waals surface area contributed by atoms with E-state index in [4.69, 9.17) is 5.10 Å². The van der Waals surface area contributed by atoms with E-state index in [1.54, 1.807) is 41.2 Å². The first kappa shape index (κ1) is 19.1. The second kappa shape index (κ2) is 7.12. The quantitative estimate of drug-likeness (QED) is 0.690. The van der Waals surface area contributed by atoms with Gasteiger partial charge in [0.1, 0.15) is 5.69 Å². The topological polar surface area (TPSA) is 88.3 Å². The summed E-state index contributed by atoms with van der Waals surface area (Å²) in [5, 5.41) is 15.7. The Kier molecular flexibility index (Phi) is 4.54. The summed E-state index contributed by atoms with van der Waals surface area (Å²) in [4.78, 5) is 4.65. The number of aryl methyl sites for hydroxylation is 1. The van der Waals surface area contributed by atoms with Crippen LogP contribution in [0.4, 0.5) is 5.82 Å². The fourth-order valence-electron chi connectivity index (χ4n) is 4.48. The van der Waals surface area contributed by atoms with Gasteiger partial charge in [-0.1, -0.05) is 30.5 Å². The number of hydrogen-bond donors (Lipinski definition) is 1. The third-order valence-electron chi connectivity index (χ3n) is 6.10. The fourth-order valence-corrected chi connectivity index (χ4v) is 5.92. The molecular weight excluding hydrogens is 400 g/mol. The maximum Gasteiger partial charge on any atom is 0.265 e. The highest BCUT2D eigenvalue weighted by atomic mass is 32.2. The molecule has 3 heterocycles. The van der Waals surface area contributed by atoms with Crippen molar-refractivity contribution >= 4 is 15.8 Å². The lowest BCUT2D eigenvalue weighted by Crippen LogP contribution is -2.33. The Morgan fingerprint density at radius 3 is 2.57 bits per heavy atom. The Bertz CT molecular complexity index is 1200. The molecule has 1 aromatic carbocycles. The number of nitrogens with zero attached hydrogens (tertiary/aromatic N) is 4. The molecule has 0 bridgehead atoms. The van der Waals surface area contributed by atoms with Crippen LogP contribution in [0, 0.1) is 6.92 Å². The van der Waals surface area contributed by atoms with Crippen molar-refractivity contribution < 1.29 is 13.5 Å². The minimum absolute atomic E-state index is 0.154. The molecule has 0 atom stereocenters. The van der Waals surface area contributed by atoms with Gasteiger partial charge in [-0.2, -0.15) is 5.10 Å². The number of fused-ring (bicyclic) bond motifs is 3. The van der Waals surface area contributed by atoms with Crippen LogP contribution >= 0.6 is 0 Å². The molecule has 3 aromatic rings. The van der Waals surface area contributed by atoms with E-state index in [9.17, 15) is 13.5 Å². The van der Waals surface area contributed by atoms with Crippen LogP contribution in [0.1, 0.15) is 42.9 Å². The summed E-state index contributed by atoms with van der Waals surface area (Å²) < 4.78 is 30.0. The molecule has 0 radical (unpaired) electrons. The van der Waals surface area contributed by atoms with E-state index < -0.39 is 10.0 Å². The standard InChI is InChI=1S/C22H24N4O3S/c1-15-8-10-17(11-9-15)30(28,29)25-14-12-19-20(18-7-4-13-23-21(18)25)24-26(22(19)27)16-5-2-3-6-16/h4,7-11,13,16,27H,2-3,5-6,12,14H2,1H3. The smallest absolute Gasteiger partial charge is 0.265 e. The second-order valence-electron chi connectivity index (χ2n) is 8.05. The van der Waals surface area contributed by atoms with Crippen LogP contribution in [0.5, 0.6) is 5.88 Å². The number of aromatic nitrogens is 3. The Balaban J connectivity index is 1.63. The number of hydrogen-bond acceptors (Lipinski definition) is 5. The zero-order valence-electron chi connectivity index (χ0n) is 16.8. The Hall–Kier alpha value is -2.87. The van der Waals surface area contributed by atoms with Crippen molar-refractivity contribution in [2.45, 2.75) is 50.0 Å². The lowest BCUT2D eigenvalue weighted by molar-refractivity contribution is 0.354. The number of sulfonamides is 1. The highest BCUT2D eigenvalue weighted by Crippen LogP contribution is 2.42. The SMILES string of the molecule is Cc1ccc(S(=O)(=O)N2CCc3c(nn(C4CCCC4)c3O)-c3cccnc32)cc1. The Morgan fingerprint density at radius 1 is 1.10 bits per heavy atom. The zero-order chi connectivity index (χ0) is 20.9. The molecular formula is C22H24N4O3S. The van der Waals surface area contributed by atoms with Crippen LogP contribution in [0.2, 0.25) is 0 Å². The molecule has 0 spiro atoms. The molecule has 1 fully saturated rings. The Morgan fingerprint density at radius 2 is 1.83 bits per heavy atom. The van der Waals surface area contributed by atoms with E-state index in [1.165, 1.54) is 4.31 Å². The van der Waals surface area contributed by atoms with Crippen molar-refractivity contribution in [3.8, 4) is 17.1 Å². The molecule has 2 aromatic heterocycles. The average molecular weight is 425 g/mol. The van der Waals surface area contributed by atoms with Crippen molar-refractivity contribution in [3.63, 3.8) is 0 Å². The van der Waals surface area contributed by atoms with E-state index in [0.29, 0.717) is 29.1 Å². The van der Waals surface area contributed by atoms with Crippen LogP contribution in [0.25, 0.3) is 11.3 Å². The summed E-state index contributed by atoms with van der Waals surface area (Å²) in [6.45, 7) is 2.11. The molecule has 1 aliphatic heterocycles. The largest absolute Gasteiger partial charge is 0.493 e. The molecule has 2 aliphatic rings. The molecule has 30 heavy (non-hydrogen) atoms. The molecule has 0 saturated heterocycles. The molecule has 1 aliphatic carbocycles.